The molecule has 0 unspecified atom stereocenters. The van der Waals surface area contributed by atoms with E-state index >= 15 is 0 Å². The minimum Gasteiger partial charge on any atom is -0.493 e. The first-order chi connectivity index (χ1) is 14.3. The Morgan fingerprint density at radius 1 is 1.13 bits per heavy atom. The van der Waals surface area contributed by atoms with Crippen molar-refractivity contribution in [3.05, 3.63) is 58.9 Å². The van der Waals surface area contributed by atoms with Gasteiger partial charge in [0.05, 0.1) is 22.4 Å². The molecule has 0 radical (unpaired) electrons. The second-order valence-corrected chi connectivity index (χ2v) is 9.89. The molecule has 1 aromatic heterocycles. The lowest BCUT2D eigenvalue weighted by Gasteiger charge is -2.14. The summed E-state index contributed by atoms with van der Waals surface area (Å²) in [5.41, 5.74) is 0.661. The fourth-order valence-electron chi connectivity index (χ4n) is 2.86. The first-order valence-corrected chi connectivity index (χ1v) is 12.2. The Morgan fingerprint density at radius 2 is 1.83 bits per heavy atom. The molecule has 3 rings (SSSR count). The van der Waals surface area contributed by atoms with Gasteiger partial charge in [0.15, 0.2) is 5.16 Å². The Labute approximate surface area is 180 Å². The molecule has 0 amide bonds. The van der Waals surface area contributed by atoms with E-state index in [1.807, 2.05) is 18.2 Å². The maximum Gasteiger partial charge on any atom is 0.262 e. The lowest BCUT2D eigenvalue weighted by atomic mass is 10.1. The van der Waals surface area contributed by atoms with Crippen LogP contribution in [-0.4, -0.2) is 30.3 Å². The maximum absolute atomic E-state index is 12.9. The highest BCUT2D eigenvalue weighted by atomic mass is 32.2. The summed E-state index contributed by atoms with van der Waals surface area (Å²) in [6, 6.07) is 13.3. The zero-order valence-corrected chi connectivity index (χ0v) is 18.6. The summed E-state index contributed by atoms with van der Waals surface area (Å²) < 4.78 is 30.0. The summed E-state index contributed by atoms with van der Waals surface area (Å²) in [6.45, 7) is 5.25. The number of rotatable bonds is 9. The summed E-state index contributed by atoms with van der Waals surface area (Å²) in [5, 5.41) is 6.39. The van der Waals surface area contributed by atoms with Gasteiger partial charge >= 0.3 is 0 Å². The monoisotopic (exact) mass is 447 g/mol. The molecular formula is C21H25N3O4S2. The van der Waals surface area contributed by atoms with Crippen LogP contribution >= 0.6 is 11.8 Å². The summed E-state index contributed by atoms with van der Waals surface area (Å²) in [7, 11) is -3.72. The number of thioether (sulfide) groups is 1. The number of sulfonamides is 1. The van der Waals surface area contributed by atoms with Gasteiger partial charge in [0.25, 0.3) is 5.56 Å². The lowest BCUT2D eigenvalue weighted by Crippen LogP contribution is -2.24. The minimum atomic E-state index is -3.72. The normalized spacial score (nSPS) is 11.9. The van der Waals surface area contributed by atoms with Crippen molar-refractivity contribution in [3.63, 3.8) is 0 Å². The Kier molecular flexibility index (Phi) is 7.17. The van der Waals surface area contributed by atoms with Gasteiger partial charge in [-0.2, -0.15) is 0 Å². The Bertz CT molecular complexity index is 1170. The summed E-state index contributed by atoms with van der Waals surface area (Å²) >= 11 is 1.47. The van der Waals surface area contributed by atoms with E-state index in [0.29, 0.717) is 46.6 Å². The van der Waals surface area contributed by atoms with Gasteiger partial charge in [0.1, 0.15) is 5.75 Å². The van der Waals surface area contributed by atoms with Gasteiger partial charge in [-0.1, -0.05) is 37.7 Å². The standard InChI is InChI=1S/C21H25N3O4S2/c1-15(2)11-12-24-20(25)18-5-3-4-6-19(18)23-21(24)29-14-13-28-16-7-9-17(10-8-16)30(22,26)27/h3-10,15H,11-14H2,1-2H3,(H2,22,26,27). The van der Waals surface area contributed by atoms with Gasteiger partial charge in [-0.05, 0) is 48.7 Å². The van der Waals surface area contributed by atoms with E-state index in [-0.39, 0.29) is 10.5 Å². The molecule has 0 atom stereocenters. The van der Waals surface area contributed by atoms with Crippen LogP contribution in [0.15, 0.2) is 63.4 Å². The van der Waals surface area contributed by atoms with Crippen LogP contribution in [0.5, 0.6) is 5.75 Å². The predicted molar refractivity (Wildman–Crippen MR) is 119 cm³/mol. The smallest absolute Gasteiger partial charge is 0.262 e. The number of fused-ring (bicyclic) bond motifs is 1. The number of para-hydroxylation sites is 1. The topological polar surface area (TPSA) is 104 Å². The molecule has 9 heteroatoms. The summed E-state index contributed by atoms with van der Waals surface area (Å²) in [4.78, 5) is 17.7. The van der Waals surface area contributed by atoms with E-state index in [2.05, 4.69) is 18.8 Å². The van der Waals surface area contributed by atoms with Crippen LogP contribution in [0.25, 0.3) is 10.9 Å². The molecule has 0 aliphatic heterocycles. The summed E-state index contributed by atoms with van der Waals surface area (Å²) in [5.74, 6) is 1.61. The van der Waals surface area contributed by atoms with Crippen LogP contribution < -0.4 is 15.4 Å². The highest BCUT2D eigenvalue weighted by molar-refractivity contribution is 7.99. The van der Waals surface area contributed by atoms with E-state index < -0.39 is 10.0 Å². The molecule has 0 aliphatic rings. The first-order valence-electron chi connectivity index (χ1n) is 9.64. The quantitative estimate of drug-likeness (QED) is 0.307. The van der Waals surface area contributed by atoms with Crippen LogP contribution in [0.4, 0.5) is 0 Å². The van der Waals surface area contributed by atoms with Gasteiger partial charge in [0, 0.05) is 12.3 Å². The number of nitrogens with two attached hydrogens (primary N) is 1. The van der Waals surface area contributed by atoms with Crippen molar-refractivity contribution in [2.45, 2.75) is 36.9 Å². The van der Waals surface area contributed by atoms with E-state index in [4.69, 9.17) is 9.88 Å². The van der Waals surface area contributed by atoms with E-state index in [0.717, 1.165) is 6.42 Å². The Morgan fingerprint density at radius 3 is 2.50 bits per heavy atom. The van der Waals surface area contributed by atoms with Gasteiger partial charge in [-0.3, -0.25) is 9.36 Å². The minimum absolute atomic E-state index is 0.0248. The predicted octanol–water partition coefficient (Wildman–Crippen LogP) is 3.26. The second-order valence-electron chi connectivity index (χ2n) is 7.26. The van der Waals surface area contributed by atoms with Gasteiger partial charge in [-0.25, -0.2) is 18.5 Å². The van der Waals surface area contributed by atoms with Crippen LogP contribution in [0.1, 0.15) is 20.3 Å². The molecule has 1 heterocycles. The zero-order chi connectivity index (χ0) is 21.7. The molecule has 0 spiro atoms. The molecule has 0 saturated carbocycles. The number of aromatic nitrogens is 2. The van der Waals surface area contributed by atoms with Crippen molar-refractivity contribution in [2.75, 3.05) is 12.4 Å². The molecule has 2 aromatic carbocycles. The summed E-state index contributed by atoms with van der Waals surface area (Å²) in [6.07, 6.45) is 0.889. The van der Waals surface area contributed by atoms with Crippen molar-refractivity contribution in [1.82, 2.24) is 9.55 Å². The van der Waals surface area contributed by atoms with Gasteiger partial charge in [-0.15, -0.1) is 0 Å². The molecule has 0 saturated heterocycles. The van der Waals surface area contributed by atoms with E-state index in [1.54, 1.807) is 22.8 Å². The van der Waals surface area contributed by atoms with E-state index in [1.165, 1.54) is 23.9 Å². The average Bonchev–Trinajstić information content (AvgIpc) is 2.70. The molecule has 3 aromatic rings. The van der Waals surface area contributed by atoms with Gasteiger partial charge in [0.2, 0.25) is 10.0 Å². The largest absolute Gasteiger partial charge is 0.493 e. The molecule has 7 nitrogen and oxygen atoms in total. The molecule has 0 fully saturated rings. The first kappa shape index (κ1) is 22.3. The third-order valence-electron chi connectivity index (χ3n) is 4.49. The number of hydrogen-bond acceptors (Lipinski definition) is 6. The van der Waals surface area contributed by atoms with Crippen molar-refractivity contribution >= 4 is 32.7 Å². The second kappa shape index (κ2) is 9.63. The van der Waals surface area contributed by atoms with Crippen LogP contribution in [0, 0.1) is 5.92 Å². The number of benzene rings is 2. The van der Waals surface area contributed by atoms with Crippen molar-refractivity contribution < 1.29 is 13.2 Å². The Hall–Kier alpha value is -2.36. The van der Waals surface area contributed by atoms with Crippen LogP contribution in [0.2, 0.25) is 0 Å². The van der Waals surface area contributed by atoms with Crippen molar-refractivity contribution in [3.8, 4) is 5.75 Å². The fraction of sp³-hybridized carbons (Fsp3) is 0.333. The number of ether oxygens (including phenoxy) is 1. The zero-order valence-electron chi connectivity index (χ0n) is 16.9. The molecule has 0 aliphatic carbocycles. The third-order valence-corrected chi connectivity index (χ3v) is 6.36. The third kappa shape index (κ3) is 5.62. The van der Waals surface area contributed by atoms with Crippen LogP contribution in [0.3, 0.4) is 0 Å². The molecule has 160 valence electrons. The van der Waals surface area contributed by atoms with E-state index in [9.17, 15) is 13.2 Å². The number of hydrogen-bond donors (Lipinski definition) is 1. The molecule has 0 bridgehead atoms. The fourth-order valence-corrected chi connectivity index (χ4v) is 4.22. The average molecular weight is 448 g/mol. The highest BCUT2D eigenvalue weighted by Crippen LogP contribution is 2.20. The molecule has 2 N–H and O–H groups in total. The van der Waals surface area contributed by atoms with Crippen molar-refractivity contribution in [1.29, 1.82) is 0 Å². The Balaban J connectivity index is 1.70. The van der Waals surface area contributed by atoms with Crippen LogP contribution in [-0.2, 0) is 16.6 Å². The van der Waals surface area contributed by atoms with Crippen molar-refractivity contribution in [2.24, 2.45) is 11.1 Å². The lowest BCUT2D eigenvalue weighted by molar-refractivity contribution is 0.343. The SMILES string of the molecule is CC(C)CCn1c(SCCOc2ccc(S(N)(=O)=O)cc2)nc2ccccc2c1=O. The maximum atomic E-state index is 12.9. The molecular weight excluding hydrogens is 422 g/mol. The number of primary sulfonamides is 1. The number of nitrogens with zero attached hydrogens (tertiary/aromatic N) is 2. The highest BCUT2D eigenvalue weighted by Gasteiger charge is 2.12. The molecule has 30 heavy (non-hydrogen) atoms. The van der Waals surface area contributed by atoms with Gasteiger partial charge < -0.3 is 4.74 Å².